The van der Waals surface area contributed by atoms with Crippen molar-refractivity contribution >= 4 is 23.4 Å². The monoisotopic (exact) mass is 425 g/mol. The number of nitrogens with one attached hydrogen (secondary N) is 2. The largest absolute Gasteiger partial charge is 0.394 e. The maximum atomic E-state index is 14.6. The third-order valence-electron chi connectivity index (χ3n) is 5.01. The molecule has 160 valence electrons. The molecule has 0 aliphatic carbocycles. The lowest BCUT2D eigenvalue weighted by Gasteiger charge is -2.32. The molecule has 1 atom stereocenters. The fourth-order valence-corrected chi connectivity index (χ4v) is 3.46. The summed E-state index contributed by atoms with van der Waals surface area (Å²) in [6.45, 7) is 3.31. The van der Waals surface area contributed by atoms with Crippen molar-refractivity contribution in [2.24, 2.45) is 0 Å². The Morgan fingerprint density at radius 2 is 2.00 bits per heavy atom. The van der Waals surface area contributed by atoms with Crippen LogP contribution in [-0.2, 0) is 0 Å². The van der Waals surface area contributed by atoms with Crippen LogP contribution in [0.25, 0.3) is 11.3 Å². The first kappa shape index (κ1) is 20.7. The van der Waals surface area contributed by atoms with E-state index in [1.54, 1.807) is 43.0 Å². The molecule has 1 amide bonds. The Morgan fingerprint density at radius 1 is 1.23 bits per heavy atom. The molecule has 3 N–H and O–H groups in total. The van der Waals surface area contributed by atoms with Gasteiger partial charge in [0.2, 0.25) is 5.95 Å². The number of rotatable bonds is 5. The summed E-state index contributed by atoms with van der Waals surface area (Å²) in [5.41, 5.74) is 1.81. The van der Waals surface area contributed by atoms with Crippen LogP contribution in [0.4, 0.5) is 26.2 Å². The summed E-state index contributed by atoms with van der Waals surface area (Å²) in [6, 6.07) is 9.99. The Balaban J connectivity index is 1.97. The number of aliphatic hydroxyl groups is 1. The van der Waals surface area contributed by atoms with Crippen LogP contribution in [0.15, 0.2) is 42.5 Å². The van der Waals surface area contributed by atoms with Crippen molar-refractivity contribution in [1.29, 1.82) is 0 Å². The molecule has 3 aromatic rings. The van der Waals surface area contributed by atoms with Crippen LogP contribution in [0.2, 0.25) is 0 Å². The number of hydrogen-bond donors (Lipinski definition) is 3. The zero-order chi connectivity index (χ0) is 22.1. The lowest BCUT2D eigenvalue weighted by atomic mass is 9.99. The van der Waals surface area contributed by atoms with Crippen LogP contribution in [-0.4, -0.2) is 40.3 Å². The summed E-state index contributed by atoms with van der Waals surface area (Å²) in [5.74, 6) is -0.914. The number of aliphatic hydroxyl groups excluding tert-OH is 1. The lowest BCUT2D eigenvalue weighted by molar-refractivity contribution is 0.0949. The minimum absolute atomic E-state index is 0.0145. The van der Waals surface area contributed by atoms with Gasteiger partial charge in [0, 0.05) is 11.6 Å². The number of aromatic nitrogens is 2. The number of aryl methyl sites for hydroxylation is 1. The van der Waals surface area contributed by atoms with Crippen molar-refractivity contribution in [1.82, 2.24) is 15.3 Å². The van der Waals surface area contributed by atoms with Crippen LogP contribution in [0.3, 0.4) is 0 Å². The first-order valence-corrected chi connectivity index (χ1v) is 9.75. The Morgan fingerprint density at radius 3 is 2.71 bits per heavy atom. The average molecular weight is 425 g/mol. The standard InChI is InChI=1S/C22H21F2N5O2/c1-12-9-14(23)7-8-15(12)19-18-20(28-22(27-19)26-13(2)10-30)29(11-25-21(18)31)17-6-4-3-5-16(17)24/h3-9,13,30H,10-11H2,1-2H3,(H,25,31)(H,26,27,28)/t13-/m1/s1. The van der Waals surface area contributed by atoms with E-state index in [1.165, 1.54) is 18.2 Å². The van der Waals surface area contributed by atoms with Gasteiger partial charge in [-0.25, -0.2) is 13.8 Å². The van der Waals surface area contributed by atoms with Crippen molar-refractivity contribution in [2.45, 2.75) is 19.9 Å². The topological polar surface area (TPSA) is 90.4 Å². The van der Waals surface area contributed by atoms with Crippen LogP contribution < -0.4 is 15.5 Å². The van der Waals surface area contributed by atoms with Gasteiger partial charge in [0.25, 0.3) is 5.91 Å². The van der Waals surface area contributed by atoms with Crippen LogP contribution in [0, 0.1) is 18.6 Å². The molecule has 1 aliphatic heterocycles. The number of nitrogens with zero attached hydrogens (tertiary/aromatic N) is 3. The number of carbonyl (C=O) groups excluding carboxylic acids is 1. The van der Waals surface area contributed by atoms with Crippen LogP contribution >= 0.6 is 0 Å². The molecule has 4 rings (SSSR count). The average Bonchev–Trinajstić information content (AvgIpc) is 2.74. The highest BCUT2D eigenvalue weighted by Gasteiger charge is 2.32. The molecule has 1 aliphatic rings. The van der Waals surface area contributed by atoms with Gasteiger partial charge in [-0.15, -0.1) is 0 Å². The molecule has 1 aromatic heterocycles. The molecular weight excluding hydrogens is 404 g/mol. The number of halogens is 2. The number of fused-ring (bicyclic) bond motifs is 1. The highest BCUT2D eigenvalue weighted by molar-refractivity contribution is 6.07. The molecule has 9 heteroatoms. The van der Waals surface area contributed by atoms with E-state index in [1.807, 2.05) is 0 Å². The first-order chi connectivity index (χ1) is 14.9. The van der Waals surface area contributed by atoms with Gasteiger partial charge >= 0.3 is 0 Å². The van der Waals surface area contributed by atoms with E-state index in [9.17, 15) is 18.7 Å². The molecule has 31 heavy (non-hydrogen) atoms. The zero-order valence-corrected chi connectivity index (χ0v) is 17.0. The second-order valence-corrected chi connectivity index (χ2v) is 7.33. The second-order valence-electron chi connectivity index (χ2n) is 7.33. The van der Waals surface area contributed by atoms with Crippen molar-refractivity contribution in [2.75, 3.05) is 23.5 Å². The summed E-state index contributed by atoms with van der Waals surface area (Å²) in [4.78, 5) is 23.4. The summed E-state index contributed by atoms with van der Waals surface area (Å²) in [6.07, 6.45) is 0. The van der Waals surface area contributed by atoms with Gasteiger partial charge in [0.05, 0.1) is 24.7 Å². The molecule has 2 heterocycles. The fraction of sp³-hybridized carbons (Fsp3) is 0.227. The van der Waals surface area contributed by atoms with Gasteiger partial charge < -0.3 is 20.6 Å². The molecule has 0 saturated heterocycles. The van der Waals surface area contributed by atoms with Crippen LogP contribution in [0.5, 0.6) is 0 Å². The SMILES string of the molecule is Cc1cc(F)ccc1-c1nc(N[C@H](C)CO)nc2c1C(=O)NCN2c1ccccc1F. The van der Waals surface area contributed by atoms with Gasteiger partial charge in [-0.2, -0.15) is 4.98 Å². The molecule has 2 aromatic carbocycles. The van der Waals surface area contributed by atoms with Crippen molar-refractivity contribution in [3.8, 4) is 11.3 Å². The summed E-state index contributed by atoms with van der Waals surface area (Å²) in [5, 5.41) is 15.1. The van der Waals surface area contributed by atoms with E-state index in [0.29, 0.717) is 11.1 Å². The number of para-hydroxylation sites is 1. The normalized spacial score (nSPS) is 14.1. The van der Waals surface area contributed by atoms with E-state index in [4.69, 9.17) is 0 Å². The highest BCUT2D eigenvalue weighted by atomic mass is 19.1. The smallest absolute Gasteiger partial charge is 0.258 e. The van der Waals surface area contributed by atoms with Gasteiger partial charge in [0.15, 0.2) is 5.82 Å². The molecule has 0 spiro atoms. The summed E-state index contributed by atoms with van der Waals surface area (Å²) in [7, 11) is 0. The maximum absolute atomic E-state index is 14.6. The fourth-order valence-electron chi connectivity index (χ4n) is 3.46. The van der Waals surface area contributed by atoms with Gasteiger partial charge in [-0.05, 0) is 49.7 Å². The number of carbonyl (C=O) groups is 1. The predicted octanol–water partition coefficient (Wildman–Crippen LogP) is 3.36. The van der Waals surface area contributed by atoms with E-state index >= 15 is 0 Å². The number of benzene rings is 2. The minimum Gasteiger partial charge on any atom is -0.394 e. The molecule has 7 nitrogen and oxygen atoms in total. The first-order valence-electron chi connectivity index (χ1n) is 9.75. The molecule has 0 unspecified atom stereocenters. The predicted molar refractivity (Wildman–Crippen MR) is 113 cm³/mol. The molecular formula is C22H21F2N5O2. The number of anilines is 3. The number of amides is 1. The Labute approximate surface area is 177 Å². The molecule has 0 bridgehead atoms. The van der Waals surface area contributed by atoms with Crippen molar-refractivity contribution < 1.29 is 18.7 Å². The lowest BCUT2D eigenvalue weighted by Crippen LogP contribution is -2.42. The summed E-state index contributed by atoms with van der Waals surface area (Å²) < 4.78 is 28.3. The van der Waals surface area contributed by atoms with E-state index in [0.717, 1.165) is 0 Å². The van der Waals surface area contributed by atoms with E-state index in [2.05, 4.69) is 20.6 Å². The maximum Gasteiger partial charge on any atom is 0.258 e. The highest BCUT2D eigenvalue weighted by Crippen LogP contribution is 2.37. The zero-order valence-electron chi connectivity index (χ0n) is 17.0. The number of hydrogen-bond acceptors (Lipinski definition) is 6. The van der Waals surface area contributed by atoms with E-state index in [-0.39, 0.29) is 48.0 Å². The van der Waals surface area contributed by atoms with Crippen molar-refractivity contribution in [3.05, 3.63) is 65.2 Å². The van der Waals surface area contributed by atoms with Crippen LogP contribution in [0.1, 0.15) is 22.8 Å². The van der Waals surface area contributed by atoms with Gasteiger partial charge in [-0.3, -0.25) is 4.79 Å². The third-order valence-corrected chi connectivity index (χ3v) is 5.01. The third kappa shape index (κ3) is 3.91. The molecule has 0 saturated carbocycles. The molecule has 0 radical (unpaired) electrons. The Kier molecular flexibility index (Phi) is 5.51. The second kappa shape index (κ2) is 8.27. The quantitative estimate of drug-likeness (QED) is 0.581. The van der Waals surface area contributed by atoms with Gasteiger partial charge in [-0.1, -0.05) is 12.1 Å². The Bertz CT molecular complexity index is 1150. The van der Waals surface area contributed by atoms with Gasteiger partial charge in [0.1, 0.15) is 17.2 Å². The molecule has 0 fully saturated rings. The van der Waals surface area contributed by atoms with E-state index < -0.39 is 17.5 Å². The minimum atomic E-state index is -0.471. The Hall–Kier alpha value is -3.59. The van der Waals surface area contributed by atoms with Crippen molar-refractivity contribution in [3.63, 3.8) is 0 Å². The summed E-state index contributed by atoms with van der Waals surface area (Å²) >= 11 is 0.